The van der Waals surface area contributed by atoms with Gasteiger partial charge in [-0.2, -0.15) is 0 Å². The molecule has 0 saturated heterocycles. The molecular formula is C13H18F3NOS. The van der Waals surface area contributed by atoms with Crippen LogP contribution in [0.15, 0.2) is 24.3 Å². The standard InChI is InChI=1S/C13H18F3NOS/c1-9(17-19-12(2,3)4)10-6-5-7-11(8-10)18-13(14,15)16/h5-9,17H,1-4H3. The quantitative estimate of drug-likeness (QED) is 0.814. The highest BCUT2D eigenvalue weighted by Crippen LogP contribution is 2.28. The third kappa shape index (κ3) is 6.73. The van der Waals surface area contributed by atoms with Crippen molar-refractivity contribution in [1.82, 2.24) is 4.72 Å². The maximum absolute atomic E-state index is 12.1. The van der Waals surface area contributed by atoms with Crippen LogP contribution >= 0.6 is 11.9 Å². The van der Waals surface area contributed by atoms with Crippen molar-refractivity contribution in [3.63, 3.8) is 0 Å². The van der Waals surface area contributed by atoms with Gasteiger partial charge in [0.1, 0.15) is 5.75 Å². The summed E-state index contributed by atoms with van der Waals surface area (Å²) < 4.78 is 43.6. The first-order valence-corrected chi connectivity index (χ1v) is 6.68. The van der Waals surface area contributed by atoms with Gasteiger partial charge < -0.3 is 4.74 Å². The van der Waals surface area contributed by atoms with Crippen LogP contribution in [0.1, 0.15) is 39.3 Å². The highest BCUT2D eigenvalue weighted by Gasteiger charge is 2.31. The summed E-state index contributed by atoms with van der Waals surface area (Å²) in [5.41, 5.74) is 0.749. The molecule has 0 saturated carbocycles. The largest absolute Gasteiger partial charge is 0.573 e. The zero-order valence-electron chi connectivity index (χ0n) is 11.3. The molecule has 0 aromatic heterocycles. The van der Waals surface area contributed by atoms with Gasteiger partial charge in [-0.3, -0.25) is 4.72 Å². The van der Waals surface area contributed by atoms with Crippen molar-refractivity contribution in [3.05, 3.63) is 29.8 Å². The van der Waals surface area contributed by atoms with Crippen LogP contribution < -0.4 is 9.46 Å². The molecule has 0 amide bonds. The van der Waals surface area contributed by atoms with Crippen molar-refractivity contribution in [2.75, 3.05) is 0 Å². The second-order valence-electron chi connectivity index (χ2n) is 5.17. The zero-order chi connectivity index (χ0) is 14.7. The van der Waals surface area contributed by atoms with Crippen molar-refractivity contribution >= 4 is 11.9 Å². The molecule has 1 aromatic rings. The number of hydrogen-bond donors (Lipinski definition) is 1. The highest BCUT2D eigenvalue weighted by atomic mass is 32.2. The van der Waals surface area contributed by atoms with Crippen LogP contribution in [-0.2, 0) is 0 Å². The normalized spacial score (nSPS) is 14.3. The minimum Gasteiger partial charge on any atom is -0.406 e. The SMILES string of the molecule is CC(NSC(C)(C)C)c1cccc(OC(F)(F)F)c1. The van der Waals surface area contributed by atoms with Crippen molar-refractivity contribution < 1.29 is 17.9 Å². The number of nitrogens with one attached hydrogen (secondary N) is 1. The number of halogens is 3. The van der Waals surface area contributed by atoms with E-state index in [4.69, 9.17) is 0 Å². The number of hydrogen-bond acceptors (Lipinski definition) is 3. The van der Waals surface area contributed by atoms with Gasteiger partial charge in [0.05, 0.1) is 0 Å². The summed E-state index contributed by atoms with van der Waals surface area (Å²) in [6.07, 6.45) is -4.66. The lowest BCUT2D eigenvalue weighted by Crippen LogP contribution is -2.20. The molecule has 2 nitrogen and oxygen atoms in total. The molecule has 108 valence electrons. The minimum absolute atomic E-state index is 0.0361. The Hall–Kier alpha value is -0.880. The molecule has 0 bridgehead atoms. The van der Waals surface area contributed by atoms with Gasteiger partial charge >= 0.3 is 6.36 Å². The Morgan fingerprint density at radius 3 is 2.37 bits per heavy atom. The maximum atomic E-state index is 12.1. The first-order chi connectivity index (χ1) is 8.57. The van der Waals surface area contributed by atoms with Crippen LogP contribution in [-0.4, -0.2) is 11.1 Å². The van der Waals surface area contributed by atoms with Crippen molar-refractivity contribution in [1.29, 1.82) is 0 Å². The molecule has 0 aliphatic heterocycles. The Bertz CT molecular complexity index is 415. The molecule has 0 radical (unpaired) electrons. The summed E-state index contributed by atoms with van der Waals surface area (Å²) in [7, 11) is 0. The lowest BCUT2D eigenvalue weighted by molar-refractivity contribution is -0.274. The van der Waals surface area contributed by atoms with E-state index in [-0.39, 0.29) is 16.5 Å². The topological polar surface area (TPSA) is 21.3 Å². The van der Waals surface area contributed by atoms with Crippen LogP contribution in [0.25, 0.3) is 0 Å². The van der Waals surface area contributed by atoms with E-state index in [1.54, 1.807) is 24.1 Å². The van der Waals surface area contributed by atoms with Gasteiger partial charge in [0.15, 0.2) is 0 Å². The van der Waals surface area contributed by atoms with E-state index in [9.17, 15) is 13.2 Å². The fraction of sp³-hybridized carbons (Fsp3) is 0.538. The van der Waals surface area contributed by atoms with Gasteiger partial charge in [0, 0.05) is 10.8 Å². The maximum Gasteiger partial charge on any atom is 0.573 e. The molecule has 6 heteroatoms. The first kappa shape index (κ1) is 16.2. The Kier molecular flexibility index (Phi) is 5.15. The molecular weight excluding hydrogens is 275 g/mol. The Labute approximate surface area is 115 Å². The number of alkyl halides is 3. The monoisotopic (exact) mass is 293 g/mol. The lowest BCUT2D eigenvalue weighted by atomic mass is 10.1. The molecule has 1 atom stereocenters. The fourth-order valence-corrected chi connectivity index (χ4v) is 1.98. The van der Waals surface area contributed by atoms with E-state index < -0.39 is 6.36 Å². The second-order valence-corrected chi connectivity index (χ2v) is 6.84. The number of benzene rings is 1. The molecule has 1 aromatic carbocycles. The van der Waals surface area contributed by atoms with Gasteiger partial charge in [-0.25, -0.2) is 0 Å². The van der Waals surface area contributed by atoms with Crippen LogP contribution in [0, 0.1) is 0 Å². The van der Waals surface area contributed by atoms with Gasteiger partial charge in [0.2, 0.25) is 0 Å². The molecule has 0 heterocycles. The average Bonchev–Trinajstić information content (AvgIpc) is 2.23. The third-order valence-electron chi connectivity index (χ3n) is 2.13. The van der Waals surface area contributed by atoms with Crippen LogP contribution in [0.2, 0.25) is 0 Å². The third-order valence-corrected chi connectivity index (χ3v) is 3.22. The summed E-state index contributed by atoms with van der Waals surface area (Å²) in [5, 5.41) is 0. The van der Waals surface area contributed by atoms with E-state index in [0.29, 0.717) is 0 Å². The van der Waals surface area contributed by atoms with Crippen molar-refractivity contribution in [2.24, 2.45) is 0 Å². The van der Waals surface area contributed by atoms with E-state index in [1.165, 1.54) is 12.1 Å². The average molecular weight is 293 g/mol. The van der Waals surface area contributed by atoms with Gasteiger partial charge in [-0.1, -0.05) is 24.1 Å². The Morgan fingerprint density at radius 1 is 1.21 bits per heavy atom. The summed E-state index contributed by atoms with van der Waals surface area (Å²) in [6.45, 7) is 8.06. The first-order valence-electron chi connectivity index (χ1n) is 5.86. The van der Waals surface area contributed by atoms with Crippen molar-refractivity contribution in [2.45, 2.75) is 44.8 Å². The van der Waals surface area contributed by atoms with Crippen molar-refractivity contribution in [3.8, 4) is 5.75 Å². The minimum atomic E-state index is -4.66. The Morgan fingerprint density at radius 2 is 1.84 bits per heavy atom. The fourth-order valence-electron chi connectivity index (χ4n) is 1.31. The summed E-state index contributed by atoms with van der Waals surface area (Å²) in [6, 6.07) is 5.94. The van der Waals surface area contributed by atoms with Crippen LogP contribution in [0.3, 0.4) is 0 Å². The molecule has 0 spiro atoms. The smallest absolute Gasteiger partial charge is 0.406 e. The number of ether oxygens (including phenoxy) is 1. The zero-order valence-corrected chi connectivity index (χ0v) is 12.2. The molecule has 1 rings (SSSR count). The predicted octanol–water partition coefficient (Wildman–Crippen LogP) is 4.68. The molecule has 19 heavy (non-hydrogen) atoms. The molecule has 0 aliphatic carbocycles. The summed E-state index contributed by atoms with van der Waals surface area (Å²) >= 11 is 1.54. The molecule has 1 N–H and O–H groups in total. The van der Waals surface area contributed by atoms with Gasteiger partial charge in [-0.15, -0.1) is 13.2 Å². The molecule has 1 unspecified atom stereocenters. The highest BCUT2D eigenvalue weighted by molar-refractivity contribution is 7.98. The van der Waals surface area contributed by atoms with Gasteiger partial charge in [-0.05, 0) is 45.4 Å². The van der Waals surface area contributed by atoms with E-state index in [2.05, 4.69) is 30.2 Å². The molecule has 0 aliphatic rings. The van der Waals surface area contributed by atoms with Gasteiger partial charge in [0.25, 0.3) is 0 Å². The lowest BCUT2D eigenvalue weighted by Gasteiger charge is -2.22. The van der Waals surface area contributed by atoms with Crippen LogP contribution in [0.5, 0.6) is 5.75 Å². The second kappa shape index (κ2) is 6.05. The summed E-state index contributed by atoms with van der Waals surface area (Å²) in [4.78, 5) is 0. The van der Waals surface area contributed by atoms with E-state index >= 15 is 0 Å². The number of rotatable bonds is 4. The predicted molar refractivity (Wildman–Crippen MR) is 72.0 cm³/mol. The molecule has 0 fully saturated rings. The van der Waals surface area contributed by atoms with E-state index in [1.807, 2.05) is 6.92 Å². The Balaban J connectivity index is 2.70. The summed E-state index contributed by atoms with van der Waals surface area (Å²) in [5.74, 6) is -0.195. The van der Waals surface area contributed by atoms with Crippen LogP contribution in [0.4, 0.5) is 13.2 Å². The van der Waals surface area contributed by atoms with E-state index in [0.717, 1.165) is 5.56 Å².